The van der Waals surface area contributed by atoms with Crippen molar-refractivity contribution in [2.75, 3.05) is 23.4 Å². The number of carbonyl (C=O) groups excluding carboxylic acids is 4. The fourth-order valence-electron chi connectivity index (χ4n) is 3.70. The van der Waals surface area contributed by atoms with Gasteiger partial charge >= 0.3 is 5.97 Å². The molecule has 8 heteroatoms. The van der Waals surface area contributed by atoms with Crippen LogP contribution in [0.2, 0.25) is 0 Å². The number of Topliss-reactive ketones (excluding diaryl/α,β-unsaturated/α-hetero) is 1. The molecule has 30 heavy (non-hydrogen) atoms. The summed E-state index contributed by atoms with van der Waals surface area (Å²) in [5, 5.41) is 2.73. The Balaban J connectivity index is 1.37. The van der Waals surface area contributed by atoms with Crippen molar-refractivity contribution in [1.82, 2.24) is 0 Å². The molecule has 7 nitrogen and oxygen atoms in total. The molecule has 0 saturated carbocycles. The van der Waals surface area contributed by atoms with Gasteiger partial charge in [-0.1, -0.05) is 12.1 Å². The third-order valence-electron chi connectivity index (χ3n) is 5.44. The van der Waals surface area contributed by atoms with Crippen molar-refractivity contribution in [1.29, 1.82) is 0 Å². The number of carbonyl (C=O) groups is 4. The SMILES string of the molecule is C[C@@H]1C(=O)Nc2ccc(C(=O)COC(=O)[C@H]3CC(=O)N(c4ccccc4F)C3)cc21. The molecule has 154 valence electrons. The molecule has 2 aromatic rings. The molecule has 2 aliphatic heterocycles. The normalized spacial score (nSPS) is 20.1. The van der Waals surface area contributed by atoms with Crippen LogP contribution in [-0.4, -0.2) is 36.7 Å². The highest BCUT2D eigenvalue weighted by Crippen LogP contribution is 2.33. The summed E-state index contributed by atoms with van der Waals surface area (Å²) in [4.78, 5) is 50.0. The molecule has 1 saturated heterocycles. The van der Waals surface area contributed by atoms with Gasteiger partial charge in [0.2, 0.25) is 11.8 Å². The number of ketones is 1. The zero-order valence-corrected chi connectivity index (χ0v) is 16.2. The Labute approximate surface area is 171 Å². The number of hydrogen-bond donors (Lipinski definition) is 1. The van der Waals surface area contributed by atoms with Crippen molar-refractivity contribution in [2.45, 2.75) is 19.3 Å². The van der Waals surface area contributed by atoms with Gasteiger partial charge in [0.15, 0.2) is 12.4 Å². The Bertz CT molecular complexity index is 1070. The van der Waals surface area contributed by atoms with Gasteiger partial charge in [0, 0.05) is 24.2 Å². The number of nitrogens with one attached hydrogen (secondary N) is 1. The van der Waals surface area contributed by atoms with Crippen molar-refractivity contribution >= 4 is 34.9 Å². The first-order valence-corrected chi connectivity index (χ1v) is 9.54. The van der Waals surface area contributed by atoms with E-state index in [1.807, 2.05) is 0 Å². The summed E-state index contributed by atoms with van der Waals surface area (Å²) in [5.41, 5.74) is 1.84. The second-order valence-electron chi connectivity index (χ2n) is 7.40. The molecule has 2 heterocycles. The lowest BCUT2D eigenvalue weighted by atomic mass is 9.99. The van der Waals surface area contributed by atoms with E-state index < -0.39 is 30.1 Å². The maximum Gasteiger partial charge on any atom is 0.311 e. The van der Waals surface area contributed by atoms with Gasteiger partial charge < -0.3 is 15.0 Å². The van der Waals surface area contributed by atoms with Crippen LogP contribution in [0.15, 0.2) is 42.5 Å². The van der Waals surface area contributed by atoms with E-state index >= 15 is 0 Å². The first-order valence-electron chi connectivity index (χ1n) is 9.54. The van der Waals surface area contributed by atoms with Crippen LogP contribution in [0.1, 0.15) is 35.2 Å². The molecule has 0 aliphatic carbocycles. The van der Waals surface area contributed by atoms with Crippen LogP contribution < -0.4 is 10.2 Å². The third kappa shape index (κ3) is 3.56. The number of benzene rings is 2. The maximum atomic E-state index is 14.0. The summed E-state index contributed by atoms with van der Waals surface area (Å²) in [7, 11) is 0. The molecule has 2 atom stereocenters. The summed E-state index contributed by atoms with van der Waals surface area (Å²) < 4.78 is 19.1. The number of nitrogens with zero attached hydrogens (tertiary/aromatic N) is 1. The average molecular weight is 410 g/mol. The molecule has 1 fully saturated rings. The molecular formula is C22H19FN2O5. The van der Waals surface area contributed by atoms with Crippen molar-refractivity contribution in [3.63, 3.8) is 0 Å². The lowest BCUT2D eigenvalue weighted by molar-refractivity contribution is -0.147. The van der Waals surface area contributed by atoms with Gasteiger partial charge in [-0.3, -0.25) is 19.2 Å². The van der Waals surface area contributed by atoms with Crippen LogP contribution in [0, 0.1) is 11.7 Å². The number of amides is 2. The zero-order valence-electron chi connectivity index (χ0n) is 16.2. The number of para-hydroxylation sites is 1. The van der Waals surface area contributed by atoms with Crippen LogP contribution >= 0.6 is 0 Å². The zero-order chi connectivity index (χ0) is 21.4. The Morgan fingerprint density at radius 2 is 1.97 bits per heavy atom. The molecule has 2 aromatic carbocycles. The monoisotopic (exact) mass is 410 g/mol. The Hall–Kier alpha value is -3.55. The Morgan fingerprint density at radius 1 is 1.20 bits per heavy atom. The van der Waals surface area contributed by atoms with Crippen LogP contribution in [0.25, 0.3) is 0 Å². The quantitative estimate of drug-likeness (QED) is 0.604. The standard InChI is InChI=1S/C22H19FN2O5/c1-12-15-8-13(6-7-17(15)24-21(12)28)19(26)11-30-22(29)14-9-20(27)25(10-14)18-5-3-2-4-16(18)23/h2-8,12,14H,9-11H2,1H3,(H,24,28)/t12-,14-/m0/s1. The van der Waals surface area contributed by atoms with Crippen LogP contribution in [0.3, 0.4) is 0 Å². The molecule has 0 radical (unpaired) electrons. The van der Waals surface area contributed by atoms with Gasteiger partial charge in [0.25, 0.3) is 0 Å². The molecule has 0 spiro atoms. The van der Waals surface area contributed by atoms with Gasteiger partial charge in [0.1, 0.15) is 5.82 Å². The predicted molar refractivity (Wildman–Crippen MR) is 106 cm³/mol. The molecule has 2 amide bonds. The van der Waals surface area contributed by atoms with E-state index in [2.05, 4.69) is 5.32 Å². The number of anilines is 2. The van der Waals surface area contributed by atoms with Gasteiger partial charge in [-0.25, -0.2) is 4.39 Å². The van der Waals surface area contributed by atoms with Gasteiger partial charge in [-0.05, 0) is 42.8 Å². The summed E-state index contributed by atoms with van der Waals surface area (Å²) in [6.07, 6.45) is -0.106. The molecule has 0 unspecified atom stereocenters. The smallest absolute Gasteiger partial charge is 0.311 e. The van der Waals surface area contributed by atoms with Crippen LogP contribution in [0.4, 0.5) is 15.8 Å². The molecule has 0 bridgehead atoms. The number of fused-ring (bicyclic) bond motifs is 1. The van der Waals surface area contributed by atoms with E-state index in [9.17, 15) is 23.6 Å². The molecular weight excluding hydrogens is 391 g/mol. The molecule has 4 rings (SSSR count). The molecule has 2 aliphatic rings. The van der Waals surface area contributed by atoms with Crippen molar-refractivity contribution in [3.8, 4) is 0 Å². The Morgan fingerprint density at radius 3 is 2.73 bits per heavy atom. The average Bonchev–Trinajstić information content (AvgIpc) is 3.25. The summed E-state index contributed by atoms with van der Waals surface area (Å²) in [5.74, 6) is -3.27. The predicted octanol–water partition coefficient (Wildman–Crippen LogP) is 2.66. The van der Waals surface area contributed by atoms with Crippen molar-refractivity contribution in [2.24, 2.45) is 5.92 Å². The fraction of sp³-hybridized carbons (Fsp3) is 0.273. The fourth-order valence-corrected chi connectivity index (χ4v) is 3.70. The summed E-state index contributed by atoms with van der Waals surface area (Å²) >= 11 is 0. The second kappa shape index (κ2) is 7.70. The topological polar surface area (TPSA) is 92.8 Å². The third-order valence-corrected chi connectivity index (χ3v) is 5.44. The number of hydrogen-bond acceptors (Lipinski definition) is 5. The van der Waals surface area contributed by atoms with Gasteiger partial charge in [-0.2, -0.15) is 0 Å². The lowest BCUT2D eigenvalue weighted by Crippen LogP contribution is -2.27. The van der Waals surface area contributed by atoms with E-state index in [1.165, 1.54) is 23.1 Å². The van der Waals surface area contributed by atoms with Gasteiger partial charge in [-0.15, -0.1) is 0 Å². The highest BCUT2D eigenvalue weighted by Gasteiger charge is 2.37. The van der Waals surface area contributed by atoms with Crippen molar-refractivity contribution in [3.05, 3.63) is 59.4 Å². The van der Waals surface area contributed by atoms with E-state index in [0.29, 0.717) is 11.3 Å². The maximum absolute atomic E-state index is 14.0. The summed E-state index contributed by atoms with van der Waals surface area (Å²) in [6.45, 7) is 1.27. The van der Waals surface area contributed by atoms with Gasteiger partial charge in [0.05, 0.1) is 17.5 Å². The van der Waals surface area contributed by atoms with Crippen LogP contribution in [0.5, 0.6) is 0 Å². The van der Waals surface area contributed by atoms with E-state index in [4.69, 9.17) is 4.74 Å². The Kier molecular flexibility index (Phi) is 5.07. The number of rotatable bonds is 5. The van der Waals surface area contributed by atoms with Crippen LogP contribution in [-0.2, 0) is 19.1 Å². The van der Waals surface area contributed by atoms with Crippen molar-refractivity contribution < 1.29 is 28.3 Å². The first kappa shape index (κ1) is 19.8. The molecule has 0 aromatic heterocycles. The van der Waals surface area contributed by atoms with E-state index in [1.54, 1.807) is 31.2 Å². The number of ether oxygens (including phenoxy) is 1. The van der Waals surface area contributed by atoms with E-state index in [0.717, 1.165) is 5.56 Å². The lowest BCUT2D eigenvalue weighted by Gasteiger charge is -2.17. The minimum atomic E-state index is -0.772. The number of esters is 1. The largest absolute Gasteiger partial charge is 0.457 e. The number of halogens is 1. The van der Waals surface area contributed by atoms with E-state index in [-0.39, 0.29) is 36.4 Å². The first-order chi connectivity index (χ1) is 14.3. The second-order valence-corrected chi connectivity index (χ2v) is 7.40. The minimum Gasteiger partial charge on any atom is -0.457 e. The summed E-state index contributed by atoms with van der Waals surface area (Å²) in [6, 6.07) is 10.7. The minimum absolute atomic E-state index is 0.00304. The highest BCUT2D eigenvalue weighted by atomic mass is 19.1. The molecule has 1 N–H and O–H groups in total. The highest BCUT2D eigenvalue weighted by molar-refractivity contribution is 6.05.